The number of aromatic nitrogens is 3. The molecule has 1 atom stereocenters. The number of hydrogen-bond donors (Lipinski definition) is 0. The van der Waals surface area contributed by atoms with Crippen molar-refractivity contribution in [3.05, 3.63) is 82.8 Å². The van der Waals surface area contributed by atoms with Gasteiger partial charge in [0.2, 0.25) is 5.91 Å². The molecule has 3 aromatic rings. The monoisotopic (exact) mass is 445 g/mol. The van der Waals surface area contributed by atoms with Crippen molar-refractivity contribution in [2.75, 3.05) is 18.0 Å². The van der Waals surface area contributed by atoms with Gasteiger partial charge in [0.15, 0.2) is 0 Å². The fourth-order valence-corrected chi connectivity index (χ4v) is 4.91. The summed E-state index contributed by atoms with van der Waals surface area (Å²) in [6.07, 6.45) is 6.82. The lowest BCUT2D eigenvalue weighted by Crippen LogP contribution is -2.38. The van der Waals surface area contributed by atoms with Gasteiger partial charge >= 0.3 is 0 Å². The molecule has 0 radical (unpaired) electrons. The number of carbonyl (C=O) groups is 1. The number of carbonyl (C=O) groups excluding carboxylic acids is 1. The number of hydrogen-bond acceptors (Lipinski definition) is 5. The molecule has 1 aromatic carbocycles. The number of piperidine rings is 1. The molecule has 4 heterocycles. The highest BCUT2D eigenvalue weighted by Gasteiger charge is 2.31. The van der Waals surface area contributed by atoms with E-state index in [1.54, 1.807) is 29.3 Å². The lowest BCUT2D eigenvalue weighted by Gasteiger charge is -2.34. The standard InChI is InChI=1S/C26H28FN5O/c1-18-22-10-11-24(33)32(17-20-7-2-3-9-23(20)27)26(22)30-25(29-18)21-8-5-13-31(16-21)15-19-6-4-12-28-14-19/h2-4,6-7,9,12,14,21H,5,8,10-11,13,15-17H2,1H3/t21-/m0/s1. The smallest absolute Gasteiger partial charge is 0.228 e. The van der Waals surface area contributed by atoms with Gasteiger partial charge in [-0.2, -0.15) is 0 Å². The molecule has 0 unspecified atom stereocenters. The first-order valence-corrected chi connectivity index (χ1v) is 11.6. The lowest BCUT2D eigenvalue weighted by molar-refractivity contribution is -0.119. The van der Waals surface area contributed by atoms with E-state index in [4.69, 9.17) is 9.97 Å². The Hall–Kier alpha value is -3.19. The Labute approximate surface area is 193 Å². The number of anilines is 1. The van der Waals surface area contributed by atoms with Crippen molar-refractivity contribution in [3.63, 3.8) is 0 Å². The Kier molecular flexibility index (Phi) is 6.13. The Bertz CT molecular complexity index is 1150. The van der Waals surface area contributed by atoms with Crippen molar-refractivity contribution < 1.29 is 9.18 Å². The number of rotatable bonds is 5. The van der Waals surface area contributed by atoms with Gasteiger partial charge in [-0.15, -0.1) is 0 Å². The second-order valence-corrected chi connectivity index (χ2v) is 8.98. The minimum absolute atomic E-state index is 0.0170. The first kappa shape index (κ1) is 21.6. The summed E-state index contributed by atoms with van der Waals surface area (Å²) in [5.74, 6) is 1.32. The number of pyridine rings is 1. The van der Waals surface area contributed by atoms with Gasteiger partial charge in [0.1, 0.15) is 17.5 Å². The SMILES string of the molecule is Cc1nc([C@H]2CCCN(Cc3cccnc3)C2)nc2c1CCC(=O)N2Cc1ccccc1F. The fourth-order valence-electron chi connectivity index (χ4n) is 4.91. The largest absolute Gasteiger partial charge is 0.298 e. The fraction of sp³-hybridized carbons (Fsp3) is 0.385. The predicted molar refractivity (Wildman–Crippen MR) is 124 cm³/mol. The molecule has 2 aliphatic heterocycles. The second kappa shape index (κ2) is 9.35. The number of aryl methyl sites for hydroxylation is 1. The molecule has 0 N–H and O–H groups in total. The molecule has 2 aliphatic rings. The summed E-state index contributed by atoms with van der Waals surface area (Å²) in [7, 11) is 0. The summed E-state index contributed by atoms with van der Waals surface area (Å²) in [6, 6.07) is 10.7. The quantitative estimate of drug-likeness (QED) is 0.590. The molecule has 170 valence electrons. The van der Waals surface area contributed by atoms with Crippen molar-refractivity contribution in [2.45, 2.75) is 51.6 Å². The molecule has 2 aromatic heterocycles. The van der Waals surface area contributed by atoms with Crippen molar-refractivity contribution >= 4 is 11.7 Å². The van der Waals surface area contributed by atoms with E-state index in [1.165, 1.54) is 11.6 Å². The molecule has 33 heavy (non-hydrogen) atoms. The van der Waals surface area contributed by atoms with E-state index < -0.39 is 0 Å². The van der Waals surface area contributed by atoms with Crippen molar-refractivity contribution in [1.29, 1.82) is 0 Å². The van der Waals surface area contributed by atoms with Crippen LogP contribution in [0.2, 0.25) is 0 Å². The van der Waals surface area contributed by atoms with E-state index in [0.717, 1.165) is 49.6 Å². The molecular formula is C26H28FN5O. The number of halogens is 1. The summed E-state index contributed by atoms with van der Waals surface area (Å²) in [4.78, 5) is 31.0. The average molecular weight is 446 g/mol. The minimum atomic E-state index is -0.304. The highest BCUT2D eigenvalue weighted by atomic mass is 19.1. The molecule has 0 spiro atoms. The van der Waals surface area contributed by atoms with Crippen LogP contribution in [-0.2, 0) is 24.3 Å². The molecule has 0 aliphatic carbocycles. The van der Waals surface area contributed by atoms with Crippen LogP contribution in [0.25, 0.3) is 0 Å². The number of amides is 1. The van der Waals surface area contributed by atoms with Gasteiger partial charge < -0.3 is 0 Å². The average Bonchev–Trinajstić information content (AvgIpc) is 2.83. The van der Waals surface area contributed by atoms with E-state index >= 15 is 0 Å². The van der Waals surface area contributed by atoms with Gasteiger partial charge in [0, 0.05) is 54.6 Å². The molecule has 6 nitrogen and oxygen atoms in total. The van der Waals surface area contributed by atoms with Crippen LogP contribution < -0.4 is 4.90 Å². The maximum absolute atomic E-state index is 14.3. The van der Waals surface area contributed by atoms with Gasteiger partial charge in [-0.25, -0.2) is 14.4 Å². The number of nitrogens with zero attached hydrogens (tertiary/aromatic N) is 5. The molecule has 1 fully saturated rings. The van der Waals surface area contributed by atoms with Crippen LogP contribution in [0.4, 0.5) is 10.2 Å². The molecule has 7 heteroatoms. The lowest BCUT2D eigenvalue weighted by atomic mass is 9.95. The first-order chi connectivity index (χ1) is 16.1. The van der Waals surface area contributed by atoms with Crippen molar-refractivity contribution in [2.24, 2.45) is 0 Å². The molecule has 0 bridgehead atoms. The van der Waals surface area contributed by atoms with Gasteiger partial charge in [-0.1, -0.05) is 24.3 Å². The Morgan fingerprint density at radius 2 is 1.97 bits per heavy atom. The molecule has 0 saturated carbocycles. The molecule has 1 saturated heterocycles. The van der Waals surface area contributed by atoms with Crippen LogP contribution in [0.1, 0.15) is 53.4 Å². The van der Waals surface area contributed by atoms with E-state index in [2.05, 4.69) is 16.0 Å². The van der Waals surface area contributed by atoms with Crippen LogP contribution >= 0.6 is 0 Å². The van der Waals surface area contributed by atoms with Gasteiger partial charge in [0.05, 0.1) is 6.54 Å². The topological polar surface area (TPSA) is 62.2 Å². The first-order valence-electron chi connectivity index (χ1n) is 11.6. The van der Waals surface area contributed by atoms with E-state index in [1.807, 2.05) is 19.2 Å². The Morgan fingerprint density at radius 3 is 2.79 bits per heavy atom. The summed E-state index contributed by atoms with van der Waals surface area (Å²) >= 11 is 0. The van der Waals surface area contributed by atoms with Crippen LogP contribution in [0.15, 0.2) is 48.8 Å². The number of likely N-dealkylation sites (tertiary alicyclic amines) is 1. The molecular weight excluding hydrogens is 417 g/mol. The van der Waals surface area contributed by atoms with Gasteiger partial charge in [-0.3, -0.25) is 19.6 Å². The van der Waals surface area contributed by atoms with E-state index in [-0.39, 0.29) is 24.2 Å². The minimum Gasteiger partial charge on any atom is -0.298 e. The third kappa shape index (κ3) is 4.64. The van der Waals surface area contributed by atoms with Crippen LogP contribution in [0.3, 0.4) is 0 Å². The van der Waals surface area contributed by atoms with Crippen LogP contribution in [0, 0.1) is 12.7 Å². The third-order valence-electron chi connectivity index (χ3n) is 6.64. The van der Waals surface area contributed by atoms with Crippen molar-refractivity contribution in [3.8, 4) is 0 Å². The second-order valence-electron chi connectivity index (χ2n) is 8.98. The maximum Gasteiger partial charge on any atom is 0.228 e. The van der Waals surface area contributed by atoms with Gasteiger partial charge in [0.25, 0.3) is 0 Å². The van der Waals surface area contributed by atoms with Crippen LogP contribution in [0.5, 0.6) is 0 Å². The normalized spacial score (nSPS) is 18.9. The van der Waals surface area contributed by atoms with E-state index in [9.17, 15) is 9.18 Å². The number of benzene rings is 1. The summed E-state index contributed by atoms with van der Waals surface area (Å²) in [5.41, 5.74) is 3.61. The van der Waals surface area contributed by atoms with Gasteiger partial charge in [-0.05, 0) is 50.4 Å². The zero-order valence-corrected chi connectivity index (χ0v) is 18.9. The summed E-state index contributed by atoms with van der Waals surface area (Å²) in [5, 5.41) is 0. The Balaban J connectivity index is 1.42. The van der Waals surface area contributed by atoms with E-state index in [0.29, 0.717) is 24.2 Å². The summed E-state index contributed by atoms with van der Waals surface area (Å²) < 4.78 is 14.3. The summed E-state index contributed by atoms with van der Waals surface area (Å²) in [6.45, 7) is 4.94. The molecule has 1 amide bonds. The maximum atomic E-state index is 14.3. The zero-order chi connectivity index (χ0) is 22.8. The predicted octanol–water partition coefficient (Wildman–Crippen LogP) is 4.18. The highest BCUT2D eigenvalue weighted by molar-refractivity contribution is 5.95. The highest BCUT2D eigenvalue weighted by Crippen LogP contribution is 2.33. The van der Waals surface area contributed by atoms with Crippen molar-refractivity contribution in [1.82, 2.24) is 19.9 Å². The van der Waals surface area contributed by atoms with Crippen LogP contribution in [-0.4, -0.2) is 38.8 Å². The zero-order valence-electron chi connectivity index (χ0n) is 18.9. The third-order valence-corrected chi connectivity index (χ3v) is 6.64. The number of fused-ring (bicyclic) bond motifs is 1. The Morgan fingerprint density at radius 1 is 1.09 bits per heavy atom. The molecule has 5 rings (SSSR count).